The number of hydrogen-bond acceptors (Lipinski definition) is 4. The molecular formula is C19H20F3N3O2Si. The van der Waals surface area contributed by atoms with Crippen molar-refractivity contribution in [3.8, 4) is 11.5 Å². The molecule has 3 aromatic rings. The third kappa shape index (κ3) is 4.53. The molecule has 0 radical (unpaired) electrons. The first-order valence-corrected chi connectivity index (χ1v) is 12.4. The second-order valence-electron chi connectivity index (χ2n) is 7.70. The molecule has 0 aliphatic rings. The van der Waals surface area contributed by atoms with Crippen molar-refractivity contribution < 1.29 is 17.6 Å². The third-order valence-electron chi connectivity index (χ3n) is 4.22. The average Bonchev–Trinajstić information content (AvgIpc) is 3.04. The average molecular weight is 407 g/mol. The largest absolute Gasteiger partial charge is 0.434 e. The van der Waals surface area contributed by atoms with E-state index in [1.807, 2.05) is 0 Å². The lowest BCUT2D eigenvalue weighted by molar-refractivity contribution is 0.508. The molecule has 148 valence electrons. The first-order valence-electron chi connectivity index (χ1n) is 8.73. The maximum atomic E-state index is 14.6. The van der Waals surface area contributed by atoms with Gasteiger partial charge in [0.2, 0.25) is 0 Å². The van der Waals surface area contributed by atoms with Gasteiger partial charge < -0.3 is 9.73 Å². The van der Waals surface area contributed by atoms with E-state index in [1.54, 1.807) is 6.07 Å². The zero-order valence-corrected chi connectivity index (χ0v) is 16.7. The summed E-state index contributed by atoms with van der Waals surface area (Å²) >= 11 is 0. The van der Waals surface area contributed by atoms with Crippen LogP contribution in [0.4, 0.5) is 24.5 Å². The van der Waals surface area contributed by atoms with Gasteiger partial charge in [-0.1, -0.05) is 31.8 Å². The van der Waals surface area contributed by atoms with Crippen LogP contribution in [-0.2, 0) is 6.42 Å². The van der Waals surface area contributed by atoms with E-state index in [-0.39, 0.29) is 22.8 Å². The van der Waals surface area contributed by atoms with Gasteiger partial charge in [-0.2, -0.15) is 0 Å². The fourth-order valence-electron chi connectivity index (χ4n) is 2.67. The van der Waals surface area contributed by atoms with Gasteiger partial charge in [0.05, 0.1) is 16.9 Å². The lowest BCUT2D eigenvalue weighted by atomic mass is 10.1. The second kappa shape index (κ2) is 7.67. The smallest absolute Gasteiger partial charge is 0.388 e. The Morgan fingerprint density at radius 1 is 1.11 bits per heavy atom. The van der Waals surface area contributed by atoms with E-state index in [9.17, 15) is 18.0 Å². The van der Waals surface area contributed by atoms with Crippen LogP contribution >= 0.6 is 0 Å². The van der Waals surface area contributed by atoms with Gasteiger partial charge in [-0.3, -0.25) is 0 Å². The molecule has 0 fully saturated rings. The molecule has 0 bridgehead atoms. The predicted molar refractivity (Wildman–Crippen MR) is 104 cm³/mol. The molecule has 0 spiro atoms. The molecule has 0 amide bonds. The van der Waals surface area contributed by atoms with E-state index in [2.05, 4.69) is 35.2 Å². The predicted octanol–water partition coefficient (Wildman–Crippen LogP) is 5.07. The number of H-pyrrole nitrogens is 1. The number of nitrogens with zero attached hydrogens (tertiary/aromatic N) is 1. The van der Waals surface area contributed by atoms with Crippen molar-refractivity contribution in [2.45, 2.75) is 32.1 Å². The van der Waals surface area contributed by atoms with Crippen LogP contribution in [0.2, 0.25) is 25.7 Å². The SMILES string of the molecule is C[Si](C)(C)CCc1ccc(Nc2c(-c3n[nH]c(=O)o3)ccc(F)c2F)c(F)c1. The maximum Gasteiger partial charge on any atom is 0.434 e. The van der Waals surface area contributed by atoms with Crippen molar-refractivity contribution >= 4 is 19.4 Å². The third-order valence-corrected chi connectivity index (χ3v) is 5.97. The molecule has 28 heavy (non-hydrogen) atoms. The Hall–Kier alpha value is -2.81. The summed E-state index contributed by atoms with van der Waals surface area (Å²) in [4.78, 5) is 11.2. The lowest BCUT2D eigenvalue weighted by Crippen LogP contribution is -2.19. The number of anilines is 2. The Kier molecular flexibility index (Phi) is 5.46. The fourth-order valence-corrected chi connectivity index (χ4v) is 3.70. The van der Waals surface area contributed by atoms with Gasteiger partial charge in [0.15, 0.2) is 11.6 Å². The lowest BCUT2D eigenvalue weighted by Gasteiger charge is -2.16. The normalized spacial score (nSPS) is 11.6. The van der Waals surface area contributed by atoms with Gasteiger partial charge in [0.25, 0.3) is 5.89 Å². The maximum absolute atomic E-state index is 14.6. The van der Waals surface area contributed by atoms with E-state index < -0.39 is 31.3 Å². The van der Waals surface area contributed by atoms with Crippen LogP contribution in [0, 0.1) is 17.5 Å². The molecule has 2 aromatic carbocycles. The summed E-state index contributed by atoms with van der Waals surface area (Å²) in [6, 6.07) is 7.69. The Morgan fingerprint density at radius 3 is 2.46 bits per heavy atom. The quantitative estimate of drug-likeness (QED) is 0.560. The summed E-state index contributed by atoms with van der Waals surface area (Å²) in [6.07, 6.45) is 0.755. The molecular weight excluding hydrogens is 387 g/mol. The Labute approximate surface area is 160 Å². The van der Waals surface area contributed by atoms with E-state index in [4.69, 9.17) is 4.42 Å². The molecule has 0 saturated carbocycles. The van der Waals surface area contributed by atoms with Crippen LogP contribution in [0.5, 0.6) is 0 Å². The van der Waals surface area contributed by atoms with Crippen LogP contribution in [0.3, 0.4) is 0 Å². The molecule has 0 saturated heterocycles. The van der Waals surface area contributed by atoms with Crippen LogP contribution in [0.15, 0.2) is 39.5 Å². The number of benzene rings is 2. The molecule has 1 aromatic heterocycles. The number of aromatic amines is 1. The van der Waals surface area contributed by atoms with Crippen LogP contribution in [0.25, 0.3) is 11.5 Å². The highest BCUT2D eigenvalue weighted by Gasteiger charge is 2.20. The van der Waals surface area contributed by atoms with Crippen LogP contribution in [0.1, 0.15) is 5.56 Å². The molecule has 0 aliphatic heterocycles. The van der Waals surface area contributed by atoms with E-state index >= 15 is 0 Å². The first-order chi connectivity index (χ1) is 13.1. The Bertz CT molecular complexity index is 1060. The van der Waals surface area contributed by atoms with Crippen molar-refractivity contribution in [2.75, 3.05) is 5.32 Å². The Balaban J connectivity index is 1.93. The summed E-state index contributed by atoms with van der Waals surface area (Å²) in [5, 5.41) is 8.23. The molecule has 3 rings (SSSR count). The topological polar surface area (TPSA) is 70.9 Å². The van der Waals surface area contributed by atoms with Crippen molar-refractivity contribution in [1.82, 2.24) is 10.2 Å². The molecule has 0 unspecified atom stereocenters. The highest BCUT2D eigenvalue weighted by Crippen LogP contribution is 2.33. The van der Waals surface area contributed by atoms with Crippen molar-refractivity contribution in [3.05, 3.63) is 63.9 Å². The number of aryl methyl sites for hydroxylation is 1. The zero-order chi connectivity index (χ0) is 20.5. The monoisotopic (exact) mass is 407 g/mol. The highest BCUT2D eigenvalue weighted by molar-refractivity contribution is 6.76. The fraction of sp³-hybridized carbons (Fsp3) is 0.263. The van der Waals surface area contributed by atoms with E-state index in [1.165, 1.54) is 18.2 Å². The number of aromatic nitrogens is 2. The van der Waals surface area contributed by atoms with Gasteiger partial charge in [-0.05, 0) is 36.2 Å². The number of hydrogen-bond donors (Lipinski definition) is 2. The van der Waals surface area contributed by atoms with Gasteiger partial charge >= 0.3 is 5.76 Å². The molecule has 0 aliphatic carbocycles. The zero-order valence-electron chi connectivity index (χ0n) is 15.7. The summed E-state index contributed by atoms with van der Waals surface area (Å²) in [5.74, 6) is -4.03. The van der Waals surface area contributed by atoms with Gasteiger partial charge in [0, 0.05) is 8.07 Å². The van der Waals surface area contributed by atoms with Gasteiger partial charge in [-0.15, -0.1) is 5.10 Å². The van der Waals surface area contributed by atoms with Crippen molar-refractivity contribution in [2.24, 2.45) is 0 Å². The standard InChI is InChI=1S/C19H20F3N3O2Si/c1-28(2,3)9-8-11-4-7-15(14(21)10-11)23-17-12(5-6-13(20)16(17)22)18-24-25-19(26)27-18/h4-7,10,23H,8-9H2,1-3H3,(H,25,26). The van der Waals surface area contributed by atoms with Crippen molar-refractivity contribution in [3.63, 3.8) is 0 Å². The summed E-state index contributed by atoms with van der Waals surface area (Å²) in [5.41, 5.74) is 0.424. The molecule has 9 heteroatoms. The van der Waals surface area contributed by atoms with E-state index in [0.29, 0.717) is 0 Å². The number of rotatable bonds is 6. The van der Waals surface area contributed by atoms with Crippen LogP contribution < -0.4 is 11.1 Å². The minimum atomic E-state index is -1.26. The summed E-state index contributed by atoms with van der Waals surface area (Å²) in [6.45, 7) is 6.71. The summed E-state index contributed by atoms with van der Waals surface area (Å²) < 4.78 is 47.5. The minimum absolute atomic E-state index is 0.0144. The number of halogens is 3. The first kappa shape index (κ1) is 19.9. The van der Waals surface area contributed by atoms with E-state index in [0.717, 1.165) is 24.1 Å². The second-order valence-corrected chi connectivity index (χ2v) is 13.3. The molecule has 0 atom stereocenters. The van der Waals surface area contributed by atoms with Gasteiger partial charge in [-0.25, -0.2) is 23.1 Å². The Morgan fingerprint density at radius 2 is 1.86 bits per heavy atom. The highest BCUT2D eigenvalue weighted by atomic mass is 28.3. The molecule has 1 heterocycles. The minimum Gasteiger partial charge on any atom is -0.388 e. The van der Waals surface area contributed by atoms with Crippen LogP contribution in [-0.4, -0.2) is 18.3 Å². The molecule has 5 nitrogen and oxygen atoms in total. The van der Waals surface area contributed by atoms with Crippen molar-refractivity contribution in [1.29, 1.82) is 0 Å². The summed E-state index contributed by atoms with van der Waals surface area (Å²) in [7, 11) is -1.26. The number of nitrogens with one attached hydrogen (secondary N) is 2. The van der Waals surface area contributed by atoms with Gasteiger partial charge in [0.1, 0.15) is 5.82 Å². The molecule has 2 N–H and O–H groups in total.